The summed E-state index contributed by atoms with van der Waals surface area (Å²) in [7, 11) is 0. The molecule has 0 unspecified atom stereocenters. The molecule has 8 heteroatoms. The summed E-state index contributed by atoms with van der Waals surface area (Å²) in [4.78, 5) is 27.5. The predicted molar refractivity (Wildman–Crippen MR) is 120 cm³/mol. The number of carboxylic acids is 1. The van der Waals surface area contributed by atoms with E-state index in [2.05, 4.69) is 15.1 Å². The summed E-state index contributed by atoms with van der Waals surface area (Å²) in [5.41, 5.74) is 3.06. The molecule has 1 aliphatic heterocycles. The summed E-state index contributed by atoms with van der Waals surface area (Å²) >= 11 is 1.40. The summed E-state index contributed by atoms with van der Waals surface area (Å²) in [6, 6.07) is 17.7. The van der Waals surface area contributed by atoms with E-state index in [0.717, 1.165) is 28.2 Å². The number of likely N-dealkylation sites (tertiary alicyclic amines) is 1. The summed E-state index contributed by atoms with van der Waals surface area (Å²) < 4.78 is 0. The van der Waals surface area contributed by atoms with Gasteiger partial charge in [-0.05, 0) is 18.1 Å². The predicted octanol–water partition coefficient (Wildman–Crippen LogP) is 3.32. The Morgan fingerprint density at radius 1 is 1.06 bits per heavy atom. The maximum Gasteiger partial charge on any atom is 0.309 e. The van der Waals surface area contributed by atoms with Crippen molar-refractivity contribution in [2.24, 2.45) is 5.92 Å². The summed E-state index contributed by atoms with van der Waals surface area (Å²) in [5, 5.41) is 18.9. The molecule has 0 spiro atoms. The van der Waals surface area contributed by atoms with Gasteiger partial charge < -0.3 is 5.11 Å². The third kappa shape index (κ3) is 4.98. The normalized spacial score (nSPS) is 14.2. The van der Waals surface area contributed by atoms with Crippen LogP contribution in [0.2, 0.25) is 0 Å². The van der Waals surface area contributed by atoms with Gasteiger partial charge in [0.05, 0.1) is 12.3 Å². The molecule has 1 aliphatic rings. The van der Waals surface area contributed by atoms with Crippen molar-refractivity contribution in [3.8, 4) is 10.6 Å². The van der Waals surface area contributed by atoms with Crippen molar-refractivity contribution in [3.63, 3.8) is 0 Å². The molecule has 1 aromatic heterocycles. The second kappa shape index (κ2) is 9.36. The van der Waals surface area contributed by atoms with Gasteiger partial charge in [0.1, 0.15) is 5.01 Å². The molecule has 4 rings (SSSR count). The van der Waals surface area contributed by atoms with Gasteiger partial charge in [-0.15, -0.1) is 10.2 Å². The molecule has 1 saturated heterocycles. The number of likely N-dealkylation sites (N-methyl/N-ethyl adjacent to an activating group) is 1. The summed E-state index contributed by atoms with van der Waals surface area (Å²) in [6.45, 7) is 4.40. The van der Waals surface area contributed by atoms with Crippen LogP contribution in [0.15, 0.2) is 54.6 Å². The van der Waals surface area contributed by atoms with Crippen LogP contribution in [0.1, 0.15) is 18.1 Å². The van der Waals surface area contributed by atoms with Gasteiger partial charge in [0.25, 0.3) is 0 Å². The molecule has 31 heavy (non-hydrogen) atoms. The maximum atomic E-state index is 12.8. The standard InChI is InChI=1S/C23H24N4O3S/c1-2-27(20(28)12-16-6-4-3-5-7-16)23-25-24-21(31-23)18-10-8-17(9-11-18)13-26-14-19(15-26)22(29)30/h3-11,19H,2,12-15H2,1H3,(H,29,30). The lowest BCUT2D eigenvalue weighted by atomic mass is 9.99. The van der Waals surface area contributed by atoms with E-state index in [-0.39, 0.29) is 11.8 Å². The molecule has 0 saturated carbocycles. The molecule has 0 atom stereocenters. The molecule has 0 radical (unpaired) electrons. The Morgan fingerprint density at radius 3 is 2.42 bits per heavy atom. The first-order chi connectivity index (χ1) is 15.0. The minimum absolute atomic E-state index is 0.000890. The van der Waals surface area contributed by atoms with Gasteiger partial charge in [0.2, 0.25) is 11.0 Å². The number of hydrogen-bond donors (Lipinski definition) is 1. The van der Waals surface area contributed by atoms with Gasteiger partial charge in [-0.25, -0.2) is 0 Å². The topological polar surface area (TPSA) is 86.6 Å². The molecule has 1 amide bonds. The van der Waals surface area contributed by atoms with Crippen molar-refractivity contribution in [1.29, 1.82) is 0 Å². The largest absolute Gasteiger partial charge is 0.481 e. The van der Waals surface area contributed by atoms with Crippen LogP contribution in [0.4, 0.5) is 5.13 Å². The number of aliphatic carboxylic acids is 1. The number of aromatic nitrogens is 2. The monoisotopic (exact) mass is 436 g/mol. The quantitative estimate of drug-likeness (QED) is 0.583. The Bertz CT molecular complexity index is 1050. The van der Waals surface area contributed by atoms with Crippen molar-refractivity contribution in [2.75, 3.05) is 24.5 Å². The Morgan fingerprint density at radius 2 is 1.77 bits per heavy atom. The van der Waals surface area contributed by atoms with Crippen molar-refractivity contribution < 1.29 is 14.7 Å². The lowest BCUT2D eigenvalue weighted by Gasteiger charge is -2.36. The van der Waals surface area contributed by atoms with E-state index in [9.17, 15) is 9.59 Å². The first-order valence-corrected chi connectivity index (χ1v) is 11.1. The highest BCUT2D eigenvalue weighted by Crippen LogP contribution is 2.29. The average Bonchev–Trinajstić information content (AvgIpc) is 3.21. The number of hydrogen-bond acceptors (Lipinski definition) is 6. The lowest BCUT2D eigenvalue weighted by molar-refractivity contribution is -0.147. The molecule has 2 aromatic carbocycles. The van der Waals surface area contributed by atoms with Crippen LogP contribution in [0, 0.1) is 5.92 Å². The van der Waals surface area contributed by atoms with Crippen LogP contribution in [-0.2, 0) is 22.6 Å². The SMILES string of the molecule is CCN(C(=O)Cc1ccccc1)c1nnc(-c2ccc(CN3CC(C(=O)O)C3)cc2)s1. The number of anilines is 1. The van der Waals surface area contributed by atoms with Gasteiger partial charge in [0, 0.05) is 31.7 Å². The average molecular weight is 437 g/mol. The van der Waals surface area contributed by atoms with Crippen LogP contribution >= 0.6 is 11.3 Å². The highest BCUT2D eigenvalue weighted by Gasteiger charge is 2.32. The highest BCUT2D eigenvalue weighted by atomic mass is 32.1. The molecular weight excluding hydrogens is 412 g/mol. The smallest absolute Gasteiger partial charge is 0.309 e. The number of nitrogens with zero attached hydrogens (tertiary/aromatic N) is 4. The summed E-state index contributed by atoms with van der Waals surface area (Å²) in [6.07, 6.45) is 0.331. The lowest BCUT2D eigenvalue weighted by Crippen LogP contribution is -2.49. The fourth-order valence-corrected chi connectivity index (χ4v) is 4.52. The van der Waals surface area contributed by atoms with Crippen molar-refractivity contribution >= 4 is 28.3 Å². The Balaban J connectivity index is 1.39. The maximum absolute atomic E-state index is 12.8. The van der Waals surface area contributed by atoms with E-state index >= 15 is 0 Å². The summed E-state index contributed by atoms with van der Waals surface area (Å²) in [5.74, 6) is -0.965. The van der Waals surface area contributed by atoms with Crippen molar-refractivity contribution in [3.05, 3.63) is 65.7 Å². The Labute approximate surface area is 185 Å². The van der Waals surface area contributed by atoms with E-state index < -0.39 is 5.97 Å². The number of carbonyl (C=O) groups excluding carboxylic acids is 1. The number of amides is 1. The number of carbonyl (C=O) groups is 2. The highest BCUT2D eigenvalue weighted by molar-refractivity contribution is 7.18. The van der Waals surface area contributed by atoms with Gasteiger partial charge in [-0.2, -0.15) is 0 Å². The van der Waals surface area contributed by atoms with Gasteiger partial charge in [0.15, 0.2) is 0 Å². The molecule has 7 nitrogen and oxygen atoms in total. The minimum atomic E-state index is -0.720. The van der Waals surface area contributed by atoms with Crippen LogP contribution in [0.5, 0.6) is 0 Å². The van der Waals surface area contributed by atoms with E-state index in [1.165, 1.54) is 11.3 Å². The second-order valence-electron chi connectivity index (χ2n) is 7.62. The fraction of sp³-hybridized carbons (Fsp3) is 0.304. The van der Waals surface area contributed by atoms with E-state index in [1.54, 1.807) is 4.90 Å². The van der Waals surface area contributed by atoms with E-state index in [4.69, 9.17) is 5.11 Å². The van der Waals surface area contributed by atoms with Crippen molar-refractivity contribution in [2.45, 2.75) is 19.9 Å². The zero-order valence-corrected chi connectivity index (χ0v) is 18.1. The second-order valence-corrected chi connectivity index (χ2v) is 8.57. The molecule has 1 N–H and O–H groups in total. The first-order valence-electron chi connectivity index (χ1n) is 10.3. The Kier molecular flexibility index (Phi) is 6.39. The molecule has 3 aromatic rings. The zero-order valence-electron chi connectivity index (χ0n) is 17.3. The Hall–Kier alpha value is -3.10. The molecule has 0 aliphatic carbocycles. The van der Waals surface area contributed by atoms with Crippen LogP contribution in [-0.4, -0.2) is 51.7 Å². The number of carboxylic acid groups (broad SMARTS) is 1. The molecule has 0 bridgehead atoms. The van der Waals surface area contributed by atoms with Crippen LogP contribution in [0.3, 0.4) is 0 Å². The number of rotatable bonds is 8. The van der Waals surface area contributed by atoms with E-state index in [0.29, 0.717) is 31.2 Å². The number of benzene rings is 2. The van der Waals surface area contributed by atoms with Crippen LogP contribution < -0.4 is 4.90 Å². The molecule has 1 fully saturated rings. The first kappa shape index (κ1) is 21.1. The van der Waals surface area contributed by atoms with Gasteiger partial charge in [-0.1, -0.05) is 65.9 Å². The zero-order chi connectivity index (χ0) is 21.8. The fourth-order valence-electron chi connectivity index (χ4n) is 3.59. The molecular formula is C23H24N4O3S. The van der Waals surface area contributed by atoms with Gasteiger partial charge in [-0.3, -0.25) is 19.4 Å². The molecule has 2 heterocycles. The molecule has 160 valence electrons. The third-order valence-corrected chi connectivity index (χ3v) is 6.37. The minimum Gasteiger partial charge on any atom is -0.481 e. The van der Waals surface area contributed by atoms with Crippen molar-refractivity contribution in [1.82, 2.24) is 15.1 Å². The van der Waals surface area contributed by atoms with E-state index in [1.807, 2.05) is 61.5 Å². The van der Waals surface area contributed by atoms with Gasteiger partial charge >= 0.3 is 5.97 Å². The third-order valence-electron chi connectivity index (χ3n) is 5.37. The van der Waals surface area contributed by atoms with Crippen LogP contribution in [0.25, 0.3) is 10.6 Å².